The number of nitrogens with one attached hydrogen (secondary N) is 1. The van der Waals surface area contributed by atoms with Crippen LogP contribution in [0.5, 0.6) is 0 Å². The van der Waals surface area contributed by atoms with Crippen molar-refractivity contribution in [3.05, 3.63) is 67.4 Å². The third-order valence-corrected chi connectivity index (χ3v) is 5.68. The molecule has 1 aromatic carbocycles. The third kappa shape index (κ3) is 3.71. The van der Waals surface area contributed by atoms with Crippen LogP contribution in [0, 0.1) is 27.7 Å². The molecule has 7 heteroatoms. The Morgan fingerprint density at radius 3 is 2.54 bits per heavy atom. The van der Waals surface area contributed by atoms with Gasteiger partial charge in [0.1, 0.15) is 5.00 Å². The maximum atomic E-state index is 12.8. The molecule has 0 fully saturated rings. The van der Waals surface area contributed by atoms with Gasteiger partial charge in [-0.25, -0.2) is 14.5 Å². The van der Waals surface area contributed by atoms with Gasteiger partial charge in [-0.15, -0.1) is 11.3 Å². The molecule has 0 saturated carbocycles. The topological polar surface area (TPSA) is 76.4 Å². The quantitative estimate of drug-likeness (QED) is 0.512. The second-order valence-corrected chi connectivity index (χ2v) is 7.77. The lowest BCUT2D eigenvalue weighted by Gasteiger charge is -2.02. The van der Waals surface area contributed by atoms with Crippen LogP contribution in [-0.2, 0) is 4.74 Å². The summed E-state index contributed by atoms with van der Waals surface area (Å²) in [5, 5.41) is 3.64. The van der Waals surface area contributed by atoms with Crippen LogP contribution >= 0.6 is 11.3 Å². The molecule has 0 aliphatic carbocycles. The minimum Gasteiger partial charge on any atom is -0.462 e. The molecule has 0 unspecified atom stereocenters. The summed E-state index contributed by atoms with van der Waals surface area (Å²) in [4.78, 5) is 30.6. The van der Waals surface area contributed by atoms with Gasteiger partial charge in [-0.05, 0) is 52.3 Å². The number of rotatable bonds is 5. The van der Waals surface area contributed by atoms with E-state index in [4.69, 9.17) is 4.74 Å². The number of carbonyl (C=O) groups excluding carboxylic acids is 1. The molecule has 0 atom stereocenters. The summed E-state index contributed by atoms with van der Waals surface area (Å²) < 4.78 is 6.65. The number of hydrogen-bond acceptors (Lipinski definition) is 5. The molecule has 6 nitrogen and oxygen atoms in total. The van der Waals surface area contributed by atoms with Gasteiger partial charge in [0.2, 0.25) is 0 Å². The van der Waals surface area contributed by atoms with Crippen LogP contribution in [0.1, 0.15) is 44.5 Å². The lowest BCUT2D eigenvalue weighted by molar-refractivity contribution is 0.0527. The maximum absolute atomic E-state index is 12.8. The molecule has 146 valence electrons. The molecule has 0 aliphatic rings. The zero-order valence-electron chi connectivity index (χ0n) is 16.6. The minimum absolute atomic E-state index is 0.187. The van der Waals surface area contributed by atoms with E-state index in [9.17, 15) is 9.59 Å². The van der Waals surface area contributed by atoms with E-state index in [1.807, 2.05) is 52.0 Å². The van der Waals surface area contributed by atoms with Gasteiger partial charge in [-0.2, -0.15) is 0 Å². The van der Waals surface area contributed by atoms with Gasteiger partial charge in [0.05, 0.1) is 23.4 Å². The summed E-state index contributed by atoms with van der Waals surface area (Å²) in [7, 11) is 0. The number of aromatic amines is 1. The lowest BCUT2D eigenvalue weighted by atomic mass is 10.1. The van der Waals surface area contributed by atoms with Crippen LogP contribution in [0.4, 0.5) is 5.00 Å². The Balaban J connectivity index is 2.00. The van der Waals surface area contributed by atoms with Crippen LogP contribution < -0.4 is 5.56 Å². The van der Waals surface area contributed by atoms with Crippen molar-refractivity contribution in [2.45, 2.75) is 34.6 Å². The number of hydrogen-bond donors (Lipinski definition) is 1. The number of nitrogens with zero attached hydrogens (tertiary/aromatic N) is 2. The average molecular weight is 398 g/mol. The fourth-order valence-electron chi connectivity index (χ4n) is 2.85. The van der Waals surface area contributed by atoms with Crippen molar-refractivity contribution in [3.63, 3.8) is 0 Å². The first-order valence-electron chi connectivity index (χ1n) is 9.03. The fraction of sp³-hybridized carbons (Fsp3) is 0.286. The number of carbonyl (C=O) groups is 1. The molecule has 2 heterocycles. The second-order valence-electron chi connectivity index (χ2n) is 6.57. The van der Waals surface area contributed by atoms with Gasteiger partial charge in [0.25, 0.3) is 5.56 Å². The van der Waals surface area contributed by atoms with E-state index in [-0.39, 0.29) is 11.5 Å². The molecule has 28 heavy (non-hydrogen) atoms. The number of benzene rings is 1. The number of ether oxygens (including phenoxy) is 1. The van der Waals surface area contributed by atoms with Crippen molar-refractivity contribution in [1.29, 1.82) is 0 Å². The van der Waals surface area contributed by atoms with Gasteiger partial charge in [-0.1, -0.05) is 17.7 Å². The van der Waals surface area contributed by atoms with E-state index in [0.717, 1.165) is 21.7 Å². The highest BCUT2D eigenvalue weighted by Gasteiger charge is 2.20. The Morgan fingerprint density at radius 1 is 1.21 bits per heavy atom. The normalized spacial score (nSPS) is 11.3. The molecule has 0 saturated heterocycles. The van der Waals surface area contributed by atoms with Crippen LogP contribution in [0.15, 0.2) is 34.1 Å². The highest BCUT2D eigenvalue weighted by molar-refractivity contribution is 7.16. The number of aliphatic imine (C=N–C) groups is 1. The Bertz CT molecular complexity index is 1100. The number of thiophene rings is 1. The van der Waals surface area contributed by atoms with Crippen molar-refractivity contribution >= 4 is 28.5 Å². The number of esters is 1. The molecule has 0 spiro atoms. The second kappa shape index (κ2) is 7.98. The van der Waals surface area contributed by atoms with Crippen LogP contribution in [-0.4, -0.2) is 28.6 Å². The number of aromatic nitrogens is 2. The van der Waals surface area contributed by atoms with Gasteiger partial charge < -0.3 is 4.74 Å². The molecule has 1 N–H and O–H groups in total. The Kier molecular flexibility index (Phi) is 5.65. The molecular weight excluding hydrogens is 374 g/mol. The van der Waals surface area contributed by atoms with Crippen LogP contribution in [0.25, 0.3) is 5.69 Å². The van der Waals surface area contributed by atoms with Gasteiger partial charge in [0, 0.05) is 16.8 Å². The number of aryl methyl sites for hydroxylation is 3. The first kappa shape index (κ1) is 19.8. The van der Waals surface area contributed by atoms with E-state index in [2.05, 4.69) is 10.1 Å². The van der Waals surface area contributed by atoms with Gasteiger partial charge >= 0.3 is 5.97 Å². The molecule has 0 aliphatic heterocycles. The van der Waals surface area contributed by atoms with Crippen molar-refractivity contribution in [2.75, 3.05) is 6.61 Å². The minimum atomic E-state index is -0.389. The smallest absolute Gasteiger partial charge is 0.341 e. The predicted molar refractivity (Wildman–Crippen MR) is 113 cm³/mol. The monoisotopic (exact) mass is 397 g/mol. The first-order chi connectivity index (χ1) is 13.3. The van der Waals surface area contributed by atoms with Crippen molar-refractivity contribution in [2.24, 2.45) is 4.99 Å². The molecule has 0 bridgehead atoms. The van der Waals surface area contributed by atoms with E-state index in [1.165, 1.54) is 22.2 Å². The number of H-pyrrole nitrogens is 1. The zero-order chi connectivity index (χ0) is 20.4. The molecule has 0 amide bonds. The summed E-state index contributed by atoms with van der Waals surface area (Å²) in [6.07, 6.45) is 1.52. The Morgan fingerprint density at radius 2 is 1.89 bits per heavy atom. The average Bonchev–Trinajstić information content (AvgIpc) is 3.10. The van der Waals surface area contributed by atoms with E-state index < -0.39 is 0 Å². The van der Waals surface area contributed by atoms with Crippen molar-refractivity contribution < 1.29 is 9.53 Å². The Hall–Kier alpha value is -2.93. The molecule has 3 aromatic rings. The predicted octanol–water partition coefficient (Wildman–Crippen LogP) is 4.39. The Labute approximate surface area is 167 Å². The van der Waals surface area contributed by atoms with E-state index in [1.54, 1.807) is 6.92 Å². The molecule has 3 rings (SSSR count). The fourth-order valence-corrected chi connectivity index (χ4v) is 3.84. The first-order valence-corrected chi connectivity index (χ1v) is 9.85. The molecule has 0 radical (unpaired) electrons. The van der Waals surface area contributed by atoms with Crippen LogP contribution in [0.2, 0.25) is 0 Å². The summed E-state index contributed by atoms with van der Waals surface area (Å²) in [6.45, 7) is 9.71. The highest BCUT2D eigenvalue weighted by Crippen LogP contribution is 2.35. The van der Waals surface area contributed by atoms with E-state index in [0.29, 0.717) is 28.4 Å². The van der Waals surface area contributed by atoms with Gasteiger partial charge in [-0.3, -0.25) is 9.89 Å². The van der Waals surface area contributed by atoms with E-state index >= 15 is 0 Å². The van der Waals surface area contributed by atoms with Gasteiger partial charge in [0.15, 0.2) is 0 Å². The van der Waals surface area contributed by atoms with Crippen LogP contribution in [0.3, 0.4) is 0 Å². The summed E-state index contributed by atoms with van der Waals surface area (Å²) in [6, 6.07) is 7.68. The molecular formula is C21H23N3O3S. The largest absolute Gasteiger partial charge is 0.462 e. The SMILES string of the molecule is CCOC(=O)c1c(N=Cc2c(C)[nH]n(-c3ccc(C)cc3)c2=O)sc(C)c1C. The lowest BCUT2D eigenvalue weighted by Crippen LogP contribution is -2.17. The van der Waals surface area contributed by atoms with Crippen molar-refractivity contribution in [3.8, 4) is 5.69 Å². The third-order valence-electron chi connectivity index (χ3n) is 4.57. The zero-order valence-corrected chi connectivity index (χ0v) is 17.4. The summed E-state index contributed by atoms with van der Waals surface area (Å²) in [5.74, 6) is -0.389. The maximum Gasteiger partial charge on any atom is 0.341 e. The summed E-state index contributed by atoms with van der Waals surface area (Å²) >= 11 is 1.41. The summed E-state index contributed by atoms with van der Waals surface area (Å²) in [5.41, 5.74) is 4.18. The van der Waals surface area contributed by atoms with Crippen molar-refractivity contribution in [1.82, 2.24) is 9.78 Å². The highest BCUT2D eigenvalue weighted by atomic mass is 32.1. The standard InChI is InChI=1S/C21H23N3O3S/c1-6-27-21(26)18-13(3)15(5)28-19(18)22-11-17-14(4)23-24(20(17)25)16-9-7-12(2)8-10-16/h7-11,23H,6H2,1-5H3. The molecule has 2 aromatic heterocycles.